The van der Waals surface area contributed by atoms with E-state index in [1.165, 1.54) is 22.3 Å². The van der Waals surface area contributed by atoms with Crippen LogP contribution in [0.5, 0.6) is 11.5 Å². The Morgan fingerprint density at radius 3 is 2.44 bits per heavy atom. The summed E-state index contributed by atoms with van der Waals surface area (Å²) < 4.78 is 11.2. The van der Waals surface area contributed by atoms with Crippen molar-refractivity contribution in [2.75, 3.05) is 20.8 Å². The van der Waals surface area contributed by atoms with Crippen LogP contribution < -0.4 is 9.47 Å². The molecule has 0 saturated heterocycles. The SMILES string of the molecule is COc1ccc2c(c1OC)CN1CCc3cc(CO)c(CO)cc3C1C2C. The molecule has 0 bridgehead atoms. The van der Waals surface area contributed by atoms with Gasteiger partial charge in [0.25, 0.3) is 0 Å². The topological polar surface area (TPSA) is 62.2 Å². The summed E-state index contributed by atoms with van der Waals surface area (Å²) in [6.45, 7) is 3.96. The van der Waals surface area contributed by atoms with Crippen molar-refractivity contribution in [1.29, 1.82) is 0 Å². The van der Waals surface area contributed by atoms with E-state index in [-0.39, 0.29) is 19.3 Å². The molecule has 0 fully saturated rings. The lowest BCUT2D eigenvalue weighted by molar-refractivity contribution is 0.136. The van der Waals surface area contributed by atoms with Gasteiger partial charge in [0.2, 0.25) is 0 Å². The molecule has 5 nitrogen and oxygen atoms in total. The lowest BCUT2D eigenvalue weighted by Crippen LogP contribution is -2.41. The van der Waals surface area contributed by atoms with E-state index in [0.29, 0.717) is 5.92 Å². The van der Waals surface area contributed by atoms with E-state index in [2.05, 4.69) is 30.0 Å². The Morgan fingerprint density at radius 1 is 1.04 bits per heavy atom. The maximum atomic E-state index is 9.74. The highest BCUT2D eigenvalue weighted by Gasteiger charge is 2.39. The first-order chi connectivity index (χ1) is 13.1. The van der Waals surface area contributed by atoms with Gasteiger partial charge >= 0.3 is 0 Å². The van der Waals surface area contributed by atoms with Crippen molar-refractivity contribution in [1.82, 2.24) is 4.90 Å². The quantitative estimate of drug-likeness (QED) is 0.868. The summed E-state index contributed by atoms with van der Waals surface area (Å²) in [5.74, 6) is 1.89. The first-order valence-corrected chi connectivity index (χ1v) is 9.47. The van der Waals surface area contributed by atoms with Crippen LogP contribution in [0.2, 0.25) is 0 Å². The highest BCUT2D eigenvalue weighted by molar-refractivity contribution is 5.54. The van der Waals surface area contributed by atoms with E-state index in [4.69, 9.17) is 9.47 Å². The molecule has 0 aromatic heterocycles. The van der Waals surface area contributed by atoms with Crippen molar-refractivity contribution < 1.29 is 19.7 Å². The first-order valence-electron chi connectivity index (χ1n) is 9.47. The van der Waals surface area contributed by atoms with Crippen LogP contribution >= 0.6 is 0 Å². The van der Waals surface area contributed by atoms with Gasteiger partial charge in [0.15, 0.2) is 11.5 Å². The molecular weight excluding hydrogens is 342 g/mol. The van der Waals surface area contributed by atoms with Gasteiger partial charge in [-0.1, -0.05) is 25.1 Å². The molecule has 144 valence electrons. The van der Waals surface area contributed by atoms with Gasteiger partial charge in [-0.3, -0.25) is 4.90 Å². The summed E-state index contributed by atoms with van der Waals surface area (Å²) in [6.07, 6.45) is 0.943. The Kier molecular flexibility index (Phi) is 4.84. The van der Waals surface area contributed by atoms with Crippen molar-refractivity contribution in [2.45, 2.75) is 45.1 Å². The Hall–Kier alpha value is -2.08. The van der Waals surface area contributed by atoms with Gasteiger partial charge in [-0.25, -0.2) is 0 Å². The van der Waals surface area contributed by atoms with Gasteiger partial charge in [-0.2, -0.15) is 0 Å². The second kappa shape index (κ2) is 7.15. The summed E-state index contributed by atoms with van der Waals surface area (Å²) in [6, 6.07) is 8.58. The van der Waals surface area contributed by atoms with Gasteiger partial charge in [0.1, 0.15) is 0 Å². The molecule has 0 radical (unpaired) electrons. The van der Waals surface area contributed by atoms with Crippen LogP contribution in [-0.2, 0) is 26.2 Å². The minimum absolute atomic E-state index is 0.0348. The van der Waals surface area contributed by atoms with Crippen molar-refractivity contribution in [3.05, 3.63) is 57.6 Å². The zero-order valence-electron chi connectivity index (χ0n) is 16.2. The molecule has 2 aliphatic heterocycles. The molecule has 2 heterocycles. The zero-order chi connectivity index (χ0) is 19.1. The summed E-state index contributed by atoms with van der Waals surface area (Å²) in [5, 5.41) is 19.4. The van der Waals surface area contributed by atoms with Gasteiger partial charge in [-0.15, -0.1) is 0 Å². The molecule has 0 spiro atoms. The van der Waals surface area contributed by atoms with Crippen molar-refractivity contribution >= 4 is 0 Å². The van der Waals surface area contributed by atoms with Gasteiger partial charge in [0, 0.05) is 30.6 Å². The number of ether oxygens (including phenoxy) is 2. The van der Waals surface area contributed by atoms with Gasteiger partial charge in [0.05, 0.1) is 27.4 Å². The fourth-order valence-corrected chi connectivity index (χ4v) is 4.88. The lowest BCUT2D eigenvalue weighted by Gasteiger charge is -2.45. The monoisotopic (exact) mass is 369 g/mol. The van der Waals surface area contributed by atoms with E-state index < -0.39 is 0 Å². The number of nitrogens with zero attached hydrogens (tertiary/aromatic N) is 1. The molecule has 2 unspecified atom stereocenters. The molecule has 0 aliphatic carbocycles. The van der Waals surface area contributed by atoms with Gasteiger partial charge in [-0.05, 0) is 40.3 Å². The Morgan fingerprint density at radius 2 is 1.78 bits per heavy atom. The van der Waals surface area contributed by atoms with E-state index in [1.807, 2.05) is 6.07 Å². The first kappa shape index (κ1) is 18.3. The lowest BCUT2D eigenvalue weighted by atomic mass is 9.76. The molecule has 2 aromatic carbocycles. The number of methoxy groups -OCH3 is 2. The fraction of sp³-hybridized carbons (Fsp3) is 0.455. The van der Waals surface area contributed by atoms with E-state index in [0.717, 1.165) is 42.1 Å². The molecule has 2 aliphatic rings. The number of hydrogen-bond acceptors (Lipinski definition) is 5. The second-order valence-electron chi connectivity index (χ2n) is 7.46. The second-order valence-corrected chi connectivity index (χ2v) is 7.46. The van der Waals surface area contributed by atoms with Crippen molar-refractivity contribution in [3.8, 4) is 11.5 Å². The Bertz CT molecular complexity index is 864. The number of hydrogen-bond donors (Lipinski definition) is 2. The largest absolute Gasteiger partial charge is 0.493 e. The molecule has 5 heteroatoms. The third-order valence-corrected chi connectivity index (χ3v) is 6.19. The normalized spacial score (nSPS) is 21.2. The van der Waals surface area contributed by atoms with Crippen LogP contribution in [-0.4, -0.2) is 35.9 Å². The van der Waals surface area contributed by atoms with Crippen molar-refractivity contribution in [2.24, 2.45) is 0 Å². The minimum Gasteiger partial charge on any atom is -0.493 e. The molecular formula is C22H27NO4. The number of fused-ring (bicyclic) bond motifs is 4. The Balaban J connectivity index is 1.82. The van der Waals surface area contributed by atoms with Gasteiger partial charge < -0.3 is 19.7 Å². The Labute approximate surface area is 160 Å². The number of benzene rings is 2. The standard InChI is InChI=1S/C22H27NO4/c1-13-17-4-5-20(26-2)22(27-3)19(17)10-23-7-6-14-8-15(11-24)16(12-25)9-18(14)21(13)23/h4-5,8-9,13,21,24-25H,6-7,10-12H2,1-3H3. The molecule has 0 amide bonds. The van der Waals surface area contributed by atoms with E-state index in [1.54, 1.807) is 14.2 Å². The third kappa shape index (κ3) is 2.81. The number of aliphatic hydroxyl groups is 2. The van der Waals surface area contributed by atoms with Crippen LogP contribution in [0.3, 0.4) is 0 Å². The summed E-state index contributed by atoms with van der Waals surface area (Å²) in [7, 11) is 3.37. The summed E-state index contributed by atoms with van der Waals surface area (Å²) in [5.41, 5.74) is 6.71. The van der Waals surface area contributed by atoms with Crippen LogP contribution in [0, 0.1) is 0 Å². The third-order valence-electron chi connectivity index (χ3n) is 6.19. The van der Waals surface area contributed by atoms with E-state index in [9.17, 15) is 10.2 Å². The minimum atomic E-state index is -0.0497. The predicted molar refractivity (Wildman–Crippen MR) is 103 cm³/mol. The van der Waals surface area contributed by atoms with E-state index >= 15 is 0 Å². The van der Waals surface area contributed by atoms with Crippen LogP contribution in [0.25, 0.3) is 0 Å². The highest BCUT2D eigenvalue weighted by atomic mass is 16.5. The van der Waals surface area contributed by atoms with Crippen LogP contribution in [0.15, 0.2) is 24.3 Å². The molecule has 2 aromatic rings. The number of aliphatic hydroxyl groups excluding tert-OH is 2. The maximum Gasteiger partial charge on any atom is 0.165 e. The zero-order valence-corrected chi connectivity index (χ0v) is 16.2. The number of rotatable bonds is 4. The summed E-state index contributed by atoms with van der Waals surface area (Å²) >= 11 is 0. The molecule has 0 saturated carbocycles. The highest BCUT2D eigenvalue weighted by Crippen LogP contribution is 2.49. The van der Waals surface area contributed by atoms with Crippen molar-refractivity contribution in [3.63, 3.8) is 0 Å². The average Bonchev–Trinajstić information content (AvgIpc) is 2.71. The average molecular weight is 369 g/mol. The molecule has 27 heavy (non-hydrogen) atoms. The molecule has 2 atom stereocenters. The fourth-order valence-electron chi connectivity index (χ4n) is 4.88. The van der Waals surface area contributed by atoms with Crippen LogP contribution in [0.4, 0.5) is 0 Å². The molecule has 2 N–H and O–H groups in total. The molecule has 4 rings (SSSR count). The summed E-state index contributed by atoms with van der Waals surface area (Å²) in [4.78, 5) is 2.50. The maximum absolute atomic E-state index is 9.74. The predicted octanol–water partition coefficient (Wildman–Crippen LogP) is 2.90. The van der Waals surface area contributed by atoms with Crippen LogP contribution in [0.1, 0.15) is 52.3 Å². The smallest absolute Gasteiger partial charge is 0.165 e.